The van der Waals surface area contributed by atoms with Crippen molar-refractivity contribution < 1.29 is 4.79 Å². The van der Waals surface area contributed by atoms with Gasteiger partial charge in [-0.05, 0) is 35.9 Å². The zero-order valence-electron chi connectivity index (χ0n) is 14.1. The van der Waals surface area contributed by atoms with Gasteiger partial charge in [-0.2, -0.15) is 5.26 Å². The number of hydrogen-bond donors (Lipinski definition) is 2. The molecule has 0 aliphatic carbocycles. The summed E-state index contributed by atoms with van der Waals surface area (Å²) in [6.45, 7) is 0.259. The maximum atomic E-state index is 12.1. The molecule has 0 aromatic heterocycles. The van der Waals surface area contributed by atoms with Gasteiger partial charge in [0, 0.05) is 43.2 Å². The van der Waals surface area contributed by atoms with Gasteiger partial charge in [0.15, 0.2) is 0 Å². The predicted molar refractivity (Wildman–Crippen MR) is 101 cm³/mol. The highest BCUT2D eigenvalue weighted by atomic mass is 35.5. The fourth-order valence-corrected chi connectivity index (χ4v) is 2.27. The molecule has 0 atom stereocenters. The number of nitrogens with zero attached hydrogens (tertiary/aromatic N) is 2. The number of nitrogens with one attached hydrogen (secondary N) is 2. The van der Waals surface area contributed by atoms with Crippen molar-refractivity contribution in [1.29, 1.82) is 5.26 Å². The number of amides is 1. The van der Waals surface area contributed by atoms with E-state index in [2.05, 4.69) is 10.6 Å². The summed E-state index contributed by atoms with van der Waals surface area (Å²) in [4.78, 5) is 14.1. The Hall–Kier alpha value is -2.97. The molecule has 0 heterocycles. The van der Waals surface area contributed by atoms with Crippen LogP contribution in [0.15, 0.2) is 60.3 Å². The van der Waals surface area contributed by atoms with E-state index < -0.39 is 5.91 Å². The minimum Gasteiger partial charge on any atom is -0.378 e. The molecule has 5 nitrogen and oxygen atoms in total. The Morgan fingerprint density at radius 1 is 1.20 bits per heavy atom. The minimum absolute atomic E-state index is 0.0104. The molecule has 2 aromatic carbocycles. The first-order valence-electron chi connectivity index (χ1n) is 7.67. The molecule has 128 valence electrons. The Morgan fingerprint density at radius 3 is 2.48 bits per heavy atom. The number of carbonyl (C=O) groups excluding carboxylic acids is 1. The molecular formula is C19H19ClN4O. The third kappa shape index (κ3) is 5.27. The van der Waals surface area contributed by atoms with Crippen LogP contribution in [0.5, 0.6) is 0 Å². The van der Waals surface area contributed by atoms with E-state index in [0.717, 1.165) is 16.9 Å². The molecule has 25 heavy (non-hydrogen) atoms. The zero-order chi connectivity index (χ0) is 18.2. The van der Waals surface area contributed by atoms with E-state index in [-0.39, 0.29) is 12.1 Å². The molecule has 0 unspecified atom stereocenters. The second-order valence-corrected chi connectivity index (χ2v) is 5.94. The number of nitriles is 1. The number of halogens is 1. The van der Waals surface area contributed by atoms with Gasteiger partial charge in [0.25, 0.3) is 5.91 Å². The van der Waals surface area contributed by atoms with Gasteiger partial charge in [0.2, 0.25) is 0 Å². The van der Waals surface area contributed by atoms with Crippen LogP contribution in [0.3, 0.4) is 0 Å². The lowest BCUT2D eigenvalue weighted by atomic mass is 10.2. The lowest BCUT2D eigenvalue weighted by Crippen LogP contribution is -2.24. The van der Waals surface area contributed by atoms with Crippen LogP contribution >= 0.6 is 11.6 Å². The third-order valence-electron chi connectivity index (χ3n) is 3.53. The summed E-state index contributed by atoms with van der Waals surface area (Å²) < 4.78 is 0. The average Bonchev–Trinajstić information content (AvgIpc) is 2.62. The van der Waals surface area contributed by atoms with E-state index in [9.17, 15) is 10.1 Å². The van der Waals surface area contributed by atoms with Gasteiger partial charge in [-0.15, -0.1) is 0 Å². The van der Waals surface area contributed by atoms with Gasteiger partial charge >= 0.3 is 0 Å². The van der Waals surface area contributed by atoms with Crippen molar-refractivity contribution in [2.24, 2.45) is 0 Å². The Balaban J connectivity index is 1.98. The van der Waals surface area contributed by atoms with Crippen LogP contribution in [-0.2, 0) is 11.3 Å². The number of carbonyl (C=O) groups is 1. The van der Waals surface area contributed by atoms with E-state index in [4.69, 9.17) is 11.6 Å². The van der Waals surface area contributed by atoms with Gasteiger partial charge in [-0.25, -0.2) is 0 Å². The van der Waals surface area contributed by atoms with Crippen molar-refractivity contribution in [2.75, 3.05) is 24.3 Å². The van der Waals surface area contributed by atoms with Crippen molar-refractivity contribution in [3.05, 3.63) is 70.9 Å². The van der Waals surface area contributed by atoms with Gasteiger partial charge in [0.1, 0.15) is 11.6 Å². The smallest absolute Gasteiger partial charge is 0.263 e. The molecular weight excluding hydrogens is 336 g/mol. The second kappa shape index (κ2) is 8.76. The Labute approximate surface area is 152 Å². The largest absolute Gasteiger partial charge is 0.378 e. The normalized spacial score (nSPS) is 10.7. The highest BCUT2D eigenvalue weighted by molar-refractivity contribution is 6.31. The maximum Gasteiger partial charge on any atom is 0.263 e. The molecule has 0 bridgehead atoms. The first-order chi connectivity index (χ1) is 12.0. The van der Waals surface area contributed by atoms with Crippen LogP contribution in [-0.4, -0.2) is 20.0 Å². The molecule has 0 aliphatic heterocycles. The summed E-state index contributed by atoms with van der Waals surface area (Å²) in [5, 5.41) is 15.4. The van der Waals surface area contributed by atoms with Crippen molar-refractivity contribution >= 4 is 28.9 Å². The summed E-state index contributed by atoms with van der Waals surface area (Å²) in [5.41, 5.74) is 2.63. The van der Waals surface area contributed by atoms with Crippen LogP contribution in [0.1, 0.15) is 5.56 Å². The van der Waals surface area contributed by atoms with E-state index in [1.165, 1.54) is 6.20 Å². The van der Waals surface area contributed by atoms with Crippen molar-refractivity contribution in [1.82, 2.24) is 5.32 Å². The SMILES string of the molecule is CN(C)c1ccc(N/C=C(/C#N)C(=O)NCc2ccccc2Cl)cc1. The number of anilines is 2. The van der Waals surface area contributed by atoms with Gasteiger partial charge in [-0.1, -0.05) is 29.8 Å². The molecule has 6 heteroatoms. The van der Waals surface area contributed by atoms with Gasteiger partial charge < -0.3 is 15.5 Å². The highest BCUT2D eigenvalue weighted by Crippen LogP contribution is 2.16. The second-order valence-electron chi connectivity index (χ2n) is 5.53. The third-order valence-corrected chi connectivity index (χ3v) is 3.90. The summed E-state index contributed by atoms with van der Waals surface area (Å²) in [6, 6.07) is 16.8. The molecule has 2 N–H and O–H groups in total. The first kappa shape index (κ1) is 18.4. The Kier molecular flexibility index (Phi) is 6.44. The van der Waals surface area contributed by atoms with Crippen molar-refractivity contribution in [3.63, 3.8) is 0 Å². The summed E-state index contributed by atoms with van der Waals surface area (Å²) >= 11 is 6.05. The van der Waals surface area contributed by atoms with Gasteiger partial charge in [0.05, 0.1) is 0 Å². The molecule has 2 aromatic rings. The van der Waals surface area contributed by atoms with Gasteiger partial charge in [-0.3, -0.25) is 4.79 Å². The molecule has 0 saturated heterocycles. The number of benzene rings is 2. The monoisotopic (exact) mass is 354 g/mol. The zero-order valence-corrected chi connectivity index (χ0v) is 14.8. The first-order valence-corrected chi connectivity index (χ1v) is 8.05. The fourth-order valence-electron chi connectivity index (χ4n) is 2.07. The number of rotatable bonds is 6. The Bertz CT molecular complexity index is 807. The van der Waals surface area contributed by atoms with Crippen LogP contribution in [0.4, 0.5) is 11.4 Å². The molecule has 1 amide bonds. The quantitative estimate of drug-likeness (QED) is 0.615. The molecule has 0 fully saturated rings. The predicted octanol–water partition coefficient (Wildman–Crippen LogP) is 3.54. The maximum absolute atomic E-state index is 12.1. The van der Waals surface area contributed by atoms with E-state index in [1.807, 2.05) is 67.5 Å². The summed E-state index contributed by atoms with van der Waals surface area (Å²) in [7, 11) is 3.92. The van der Waals surface area contributed by atoms with E-state index >= 15 is 0 Å². The fraction of sp³-hybridized carbons (Fsp3) is 0.158. The average molecular weight is 355 g/mol. The molecule has 0 radical (unpaired) electrons. The highest BCUT2D eigenvalue weighted by Gasteiger charge is 2.09. The molecule has 0 saturated carbocycles. The van der Waals surface area contributed by atoms with Crippen LogP contribution in [0, 0.1) is 11.3 Å². The lowest BCUT2D eigenvalue weighted by Gasteiger charge is -2.12. The van der Waals surface area contributed by atoms with E-state index in [1.54, 1.807) is 6.07 Å². The van der Waals surface area contributed by atoms with Crippen LogP contribution < -0.4 is 15.5 Å². The summed E-state index contributed by atoms with van der Waals surface area (Å²) in [5.74, 6) is -0.458. The van der Waals surface area contributed by atoms with Crippen LogP contribution in [0.25, 0.3) is 0 Å². The Morgan fingerprint density at radius 2 is 1.88 bits per heavy atom. The minimum atomic E-state index is -0.458. The standard InChI is InChI=1S/C19H19ClN4O/c1-24(2)17-9-7-16(8-10-17)22-13-15(11-21)19(25)23-12-14-5-3-4-6-18(14)20/h3-10,13,22H,12H2,1-2H3,(H,23,25)/b15-13-. The van der Waals surface area contributed by atoms with Crippen LogP contribution in [0.2, 0.25) is 5.02 Å². The number of hydrogen-bond acceptors (Lipinski definition) is 4. The molecule has 2 rings (SSSR count). The molecule has 0 aliphatic rings. The lowest BCUT2D eigenvalue weighted by molar-refractivity contribution is -0.117. The van der Waals surface area contributed by atoms with Crippen molar-refractivity contribution in [2.45, 2.75) is 6.54 Å². The molecule has 0 spiro atoms. The van der Waals surface area contributed by atoms with Crippen molar-refractivity contribution in [3.8, 4) is 6.07 Å². The topological polar surface area (TPSA) is 68.2 Å². The summed E-state index contributed by atoms with van der Waals surface area (Å²) in [6.07, 6.45) is 1.40. The van der Waals surface area contributed by atoms with E-state index in [0.29, 0.717) is 5.02 Å².